The molecule has 4 rings (SSSR count). The number of para-hydroxylation sites is 2. The van der Waals surface area contributed by atoms with Crippen LogP contribution >= 0.6 is 0 Å². The SMILES string of the molecule is CCCCCOc1ccc(-c2ccc(-c3nc4ccccc4o3)c(F)c2)cc1. The van der Waals surface area contributed by atoms with E-state index in [1.165, 1.54) is 18.9 Å². The lowest BCUT2D eigenvalue weighted by Gasteiger charge is -2.08. The van der Waals surface area contributed by atoms with Gasteiger partial charge in [0.1, 0.15) is 17.1 Å². The highest BCUT2D eigenvalue weighted by atomic mass is 19.1. The molecule has 0 aliphatic carbocycles. The number of nitrogens with zero attached hydrogens (tertiary/aromatic N) is 1. The predicted octanol–water partition coefficient (Wildman–Crippen LogP) is 6.87. The summed E-state index contributed by atoms with van der Waals surface area (Å²) in [6, 6.07) is 20.3. The molecule has 142 valence electrons. The number of fused-ring (bicyclic) bond motifs is 1. The quantitative estimate of drug-likeness (QED) is 0.331. The molecule has 4 heteroatoms. The Morgan fingerprint density at radius 3 is 2.46 bits per heavy atom. The summed E-state index contributed by atoms with van der Waals surface area (Å²) < 4.78 is 26.2. The smallest absolute Gasteiger partial charge is 0.230 e. The fraction of sp³-hybridized carbons (Fsp3) is 0.208. The molecule has 0 atom stereocenters. The van der Waals surface area contributed by atoms with Gasteiger partial charge in [-0.2, -0.15) is 0 Å². The van der Waals surface area contributed by atoms with Gasteiger partial charge in [-0.3, -0.25) is 0 Å². The summed E-state index contributed by atoms with van der Waals surface area (Å²) in [6.45, 7) is 2.89. The fourth-order valence-electron chi connectivity index (χ4n) is 3.14. The molecule has 28 heavy (non-hydrogen) atoms. The fourth-order valence-corrected chi connectivity index (χ4v) is 3.14. The van der Waals surface area contributed by atoms with Gasteiger partial charge in [-0.15, -0.1) is 0 Å². The van der Waals surface area contributed by atoms with Crippen molar-refractivity contribution in [3.63, 3.8) is 0 Å². The van der Waals surface area contributed by atoms with Crippen LogP contribution in [0, 0.1) is 5.82 Å². The highest BCUT2D eigenvalue weighted by Crippen LogP contribution is 2.30. The maximum Gasteiger partial charge on any atom is 0.230 e. The number of oxazole rings is 1. The van der Waals surface area contributed by atoms with Crippen molar-refractivity contribution in [2.45, 2.75) is 26.2 Å². The van der Waals surface area contributed by atoms with Crippen molar-refractivity contribution in [1.82, 2.24) is 4.98 Å². The molecular formula is C24H22FNO2. The van der Waals surface area contributed by atoms with Gasteiger partial charge in [0.2, 0.25) is 5.89 Å². The van der Waals surface area contributed by atoms with Gasteiger partial charge in [0, 0.05) is 0 Å². The number of hydrogen-bond donors (Lipinski definition) is 0. The predicted molar refractivity (Wildman–Crippen MR) is 110 cm³/mol. The van der Waals surface area contributed by atoms with Crippen LogP contribution in [-0.2, 0) is 0 Å². The van der Waals surface area contributed by atoms with Crippen molar-refractivity contribution in [2.24, 2.45) is 0 Å². The van der Waals surface area contributed by atoms with E-state index in [9.17, 15) is 4.39 Å². The van der Waals surface area contributed by atoms with Crippen molar-refractivity contribution in [3.05, 3.63) is 72.5 Å². The van der Waals surface area contributed by atoms with E-state index < -0.39 is 0 Å². The molecule has 0 saturated carbocycles. The molecule has 3 nitrogen and oxygen atoms in total. The van der Waals surface area contributed by atoms with Crippen LogP contribution < -0.4 is 4.74 Å². The summed E-state index contributed by atoms with van der Waals surface area (Å²) in [6.07, 6.45) is 3.40. The van der Waals surface area contributed by atoms with Gasteiger partial charge in [0.05, 0.1) is 12.2 Å². The second kappa shape index (κ2) is 8.26. The second-order valence-electron chi connectivity index (χ2n) is 6.76. The monoisotopic (exact) mass is 375 g/mol. The molecule has 3 aromatic carbocycles. The van der Waals surface area contributed by atoms with Gasteiger partial charge in [-0.25, -0.2) is 9.37 Å². The van der Waals surface area contributed by atoms with Gasteiger partial charge in [0.15, 0.2) is 5.58 Å². The maximum atomic E-state index is 14.7. The third-order valence-corrected chi connectivity index (χ3v) is 4.70. The molecule has 0 radical (unpaired) electrons. The zero-order valence-corrected chi connectivity index (χ0v) is 15.8. The van der Waals surface area contributed by atoms with Gasteiger partial charge < -0.3 is 9.15 Å². The number of aromatic nitrogens is 1. The molecule has 0 aliphatic heterocycles. The van der Waals surface area contributed by atoms with Crippen LogP contribution in [0.1, 0.15) is 26.2 Å². The Labute approximate surface area is 163 Å². The molecule has 0 bridgehead atoms. The number of hydrogen-bond acceptors (Lipinski definition) is 3. The Morgan fingerprint density at radius 1 is 0.929 bits per heavy atom. The van der Waals surface area contributed by atoms with E-state index in [4.69, 9.17) is 9.15 Å². The Hall–Kier alpha value is -3.14. The maximum absolute atomic E-state index is 14.7. The van der Waals surface area contributed by atoms with Gasteiger partial charge >= 0.3 is 0 Å². The molecule has 0 spiro atoms. The van der Waals surface area contributed by atoms with Crippen LogP contribution in [0.25, 0.3) is 33.7 Å². The largest absolute Gasteiger partial charge is 0.494 e. The van der Waals surface area contributed by atoms with Gasteiger partial charge in [0.25, 0.3) is 0 Å². The average Bonchev–Trinajstić information content (AvgIpc) is 3.15. The highest BCUT2D eigenvalue weighted by molar-refractivity contribution is 5.77. The summed E-state index contributed by atoms with van der Waals surface area (Å²) in [5, 5.41) is 0. The third-order valence-electron chi connectivity index (χ3n) is 4.70. The molecule has 0 saturated heterocycles. The molecule has 0 N–H and O–H groups in total. The molecule has 0 unspecified atom stereocenters. The standard InChI is InChI=1S/C24H22FNO2/c1-2-3-6-15-27-19-12-9-17(10-13-19)18-11-14-20(21(25)16-18)24-26-22-7-4-5-8-23(22)28-24/h4-5,7-14,16H,2-3,6,15H2,1H3. The first-order chi connectivity index (χ1) is 13.7. The summed E-state index contributed by atoms with van der Waals surface area (Å²) in [4.78, 5) is 4.38. The van der Waals surface area contributed by atoms with Crippen molar-refractivity contribution in [2.75, 3.05) is 6.61 Å². The van der Waals surface area contributed by atoms with Crippen molar-refractivity contribution in [1.29, 1.82) is 0 Å². The van der Waals surface area contributed by atoms with Crippen molar-refractivity contribution in [3.8, 4) is 28.3 Å². The minimum absolute atomic E-state index is 0.293. The van der Waals surface area contributed by atoms with Crippen molar-refractivity contribution < 1.29 is 13.5 Å². The molecule has 1 heterocycles. The van der Waals surface area contributed by atoms with E-state index in [2.05, 4.69) is 11.9 Å². The Balaban J connectivity index is 1.52. The second-order valence-corrected chi connectivity index (χ2v) is 6.76. The first-order valence-electron chi connectivity index (χ1n) is 9.63. The molecule has 4 aromatic rings. The van der Waals surface area contributed by atoms with Crippen LogP contribution in [0.2, 0.25) is 0 Å². The van der Waals surface area contributed by atoms with Crippen LogP contribution in [0.15, 0.2) is 71.1 Å². The van der Waals surface area contributed by atoms with Crippen molar-refractivity contribution >= 4 is 11.1 Å². The third kappa shape index (κ3) is 3.91. The number of rotatable bonds is 7. The number of unbranched alkanes of at least 4 members (excludes halogenated alkanes) is 2. The van der Waals surface area contributed by atoms with Gasteiger partial charge in [-0.1, -0.05) is 50.1 Å². The van der Waals surface area contributed by atoms with E-state index in [1.54, 1.807) is 6.07 Å². The molecule has 0 aliphatic rings. The molecule has 0 fully saturated rings. The topological polar surface area (TPSA) is 35.3 Å². The lowest BCUT2D eigenvalue weighted by atomic mass is 10.0. The summed E-state index contributed by atoms with van der Waals surface area (Å²) in [5.74, 6) is 0.772. The Morgan fingerprint density at radius 2 is 1.71 bits per heavy atom. The zero-order chi connectivity index (χ0) is 19.3. The minimum Gasteiger partial charge on any atom is -0.494 e. The first kappa shape index (κ1) is 18.2. The summed E-state index contributed by atoms with van der Waals surface area (Å²) in [7, 11) is 0. The van der Waals surface area contributed by atoms with E-state index in [0.29, 0.717) is 17.0 Å². The van der Waals surface area contributed by atoms with Crippen LogP contribution in [0.3, 0.4) is 0 Å². The number of halogens is 1. The normalized spacial score (nSPS) is 11.1. The first-order valence-corrected chi connectivity index (χ1v) is 9.63. The number of ether oxygens (including phenoxy) is 1. The lowest BCUT2D eigenvalue weighted by molar-refractivity contribution is 0.306. The Bertz CT molecular complexity index is 1040. The number of benzene rings is 3. The van der Waals surface area contributed by atoms with Crippen LogP contribution in [-0.4, -0.2) is 11.6 Å². The molecule has 1 aromatic heterocycles. The molecule has 0 amide bonds. The van der Waals surface area contributed by atoms with Gasteiger partial charge in [-0.05, 0) is 53.9 Å². The summed E-state index contributed by atoms with van der Waals surface area (Å²) in [5.41, 5.74) is 3.46. The minimum atomic E-state index is -0.357. The summed E-state index contributed by atoms with van der Waals surface area (Å²) >= 11 is 0. The van der Waals surface area contributed by atoms with Crippen LogP contribution in [0.4, 0.5) is 4.39 Å². The Kier molecular flexibility index (Phi) is 5.38. The average molecular weight is 375 g/mol. The highest BCUT2D eigenvalue weighted by Gasteiger charge is 2.13. The zero-order valence-electron chi connectivity index (χ0n) is 15.8. The van der Waals surface area contributed by atoms with E-state index >= 15 is 0 Å². The van der Waals surface area contributed by atoms with E-state index in [1.807, 2.05) is 54.6 Å². The van der Waals surface area contributed by atoms with E-state index in [0.717, 1.165) is 35.4 Å². The molecular weight excluding hydrogens is 353 g/mol. The lowest BCUT2D eigenvalue weighted by Crippen LogP contribution is -1.96. The van der Waals surface area contributed by atoms with E-state index in [-0.39, 0.29) is 5.82 Å². The van der Waals surface area contributed by atoms with Crippen LogP contribution in [0.5, 0.6) is 5.75 Å².